The number of pyridine rings is 2. The summed E-state index contributed by atoms with van der Waals surface area (Å²) in [6, 6.07) is 13.8. The molecule has 4 rings (SSSR count). The van der Waals surface area contributed by atoms with Crippen molar-refractivity contribution < 1.29 is 4.79 Å². The van der Waals surface area contributed by atoms with Gasteiger partial charge >= 0.3 is 0 Å². The van der Waals surface area contributed by atoms with Crippen molar-refractivity contribution in [2.45, 2.75) is 25.7 Å². The summed E-state index contributed by atoms with van der Waals surface area (Å²) in [5.41, 5.74) is 5.14. The Bertz CT molecular complexity index is 1330. The maximum Gasteiger partial charge on any atom is 0.251 e. The Morgan fingerprint density at radius 2 is 1.94 bits per heavy atom. The van der Waals surface area contributed by atoms with E-state index in [4.69, 9.17) is 4.98 Å². The summed E-state index contributed by atoms with van der Waals surface area (Å²) in [6.45, 7) is 4.83. The third-order valence-corrected chi connectivity index (χ3v) is 7.23. The molecular weight excluding hydrogens is 456 g/mol. The van der Waals surface area contributed by atoms with E-state index in [9.17, 15) is 4.79 Å². The molecule has 4 aromatic rings. The summed E-state index contributed by atoms with van der Waals surface area (Å²) in [6.07, 6.45) is 8.14. The molecule has 1 unspecified atom stereocenters. The topological polar surface area (TPSA) is 92.7 Å². The van der Waals surface area contributed by atoms with Gasteiger partial charge in [0.1, 0.15) is 12.1 Å². The van der Waals surface area contributed by atoms with Crippen LogP contribution in [-0.2, 0) is 5.41 Å². The van der Waals surface area contributed by atoms with E-state index in [2.05, 4.69) is 44.8 Å². The summed E-state index contributed by atoms with van der Waals surface area (Å²) < 4.78 is 0. The van der Waals surface area contributed by atoms with E-state index in [1.54, 1.807) is 37.4 Å². The van der Waals surface area contributed by atoms with Crippen molar-refractivity contribution in [2.75, 3.05) is 30.9 Å². The fourth-order valence-electron chi connectivity index (χ4n) is 4.35. The van der Waals surface area contributed by atoms with Crippen molar-refractivity contribution in [3.63, 3.8) is 0 Å². The number of rotatable bonds is 9. The lowest BCUT2D eigenvalue weighted by molar-refractivity contribution is 0.0964. The van der Waals surface area contributed by atoms with Crippen LogP contribution >= 0.6 is 11.8 Å². The second-order valence-corrected chi connectivity index (χ2v) is 9.40. The number of aryl methyl sites for hydroxylation is 1. The molecule has 3 heterocycles. The first kappa shape index (κ1) is 24.6. The van der Waals surface area contributed by atoms with Gasteiger partial charge in [-0.25, -0.2) is 9.97 Å². The molecule has 0 bridgehead atoms. The van der Waals surface area contributed by atoms with Crippen molar-refractivity contribution in [1.82, 2.24) is 25.3 Å². The zero-order valence-electron chi connectivity index (χ0n) is 20.5. The molecule has 1 atom stereocenters. The summed E-state index contributed by atoms with van der Waals surface area (Å²) in [7, 11) is 1.65. The number of nitrogens with one attached hydrogen (secondary N) is 2. The second kappa shape index (κ2) is 10.8. The zero-order valence-corrected chi connectivity index (χ0v) is 21.3. The monoisotopic (exact) mass is 486 g/mol. The number of nitrogens with zero attached hydrogens (tertiary/aromatic N) is 4. The number of fused-ring (bicyclic) bond motifs is 1. The van der Waals surface area contributed by atoms with Gasteiger partial charge in [-0.1, -0.05) is 25.1 Å². The van der Waals surface area contributed by atoms with Crippen molar-refractivity contribution >= 4 is 34.4 Å². The van der Waals surface area contributed by atoms with E-state index in [0.717, 1.165) is 51.4 Å². The van der Waals surface area contributed by atoms with Gasteiger partial charge in [0.25, 0.3) is 5.91 Å². The average Bonchev–Trinajstić information content (AvgIpc) is 2.90. The molecule has 1 aromatic carbocycles. The Morgan fingerprint density at radius 3 is 2.66 bits per heavy atom. The molecule has 1 amide bonds. The van der Waals surface area contributed by atoms with Gasteiger partial charge in [0.2, 0.25) is 0 Å². The number of thioether (sulfide) groups is 1. The predicted molar refractivity (Wildman–Crippen MR) is 144 cm³/mol. The first-order chi connectivity index (χ1) is 17.0. The average molecular weight is 487 g/mol. The smallest absolute Gasteiger partial charge is 0.251 e. The molecule has 0 aliphatic rings. The van der Waals surface area contributed by atoms with Gasteiger partial charge in [-0.2, -0.15) is 11.8 Å². The Morgan fingerprint density at radius 1 is 1.09 bits per heavy atom. The Hall–Kier alpha value is -3.52. The van der Waals surface area contributed by atoms with Crippen molar-refractivity contribution in [3.8, 4) is 11.3 Å². The van der Waals surface area contributed by atoms with Crippen LogP contribution in [0, 0.1) is 6.92 Å². The van der Waals surface area contributed by atoms with E-state index in [-0.39, 0.29) is 11.3 Å². The minimum atomic E-state index is -0.218. The molecule has 0 aliphatic heterocycles. The fraction of sp³-hybridized carbons (Fsp3) is 0.296. The van der Waals surface area contributed by atoms with Crippen LogP contribution in [0.15, 0.2) is 61.2 Å². The zero-order chi connectivity index (χ0) is 24.8. The maximum absolute atomic E-state index is 12.5. The number of hydrogen-bond donors (Lipinski definition) is 2. The molecule has 180 valence electrons. The first-order valence-electron chi connectivity index (χ1n) is 11.6. The highest BCUT2D eigenvalue weighted by Crippen LogP contribution is 2.36. The number of benzene rings is 1. The first-order valence-corrected chi connectivity index (χ1v) is 13.0. The number of para-hydroxylation sites is 1. The van der Waals surface area contributed by atoms with Gasteiger partial charge in [-0.3, -0.25) is 14.8 Å². The lowest BCUT2D eigenvalue weighted by atomic mass is 9.78. The molecule has 0 aliphatic carbocycles. The minimum absolute atomic E-state index is 0.112. The van der Waals surface area contributed by atoms with Gasteiger partial charge in [-0.15, -0.1) is 0 Å². The molecule has 0 fully saturated rings. The number of anilines is 1. The molecule has 2 N–H and O–H groups in total. The largest absolute Gasteiger partial charge is 0.369 e. The SMILES string of the molecule is CCC(CNc1cc(-c2ccc(C)nc2)ncn1)(CSC)c1cccc2c(C(=O)NC)ccnc12. The Kier molecular flexibility index (Phi) is 7.60. The lowest BCUT2D eigenvalue weighted by Gasteiger charge is -2.34. The standard InChI is InChI=1S/C27H30N6OS/c1-5-27(16-35-4,22-8-6-7-20-21(26(34)28-3)11-12-29-25(20)22)15-31-24-13-23(32-17-33-24)19-10-9-18(2)30-14-19/h6-14,17H,5,15-16H2,1-4H3,(H,28,34)(H,31,32,33). The van der Waals surface area contributed by atoms with Crippen LogP contribution in [0.25, 0.3) is 22.2 Å². The summed E-state index contributed by atoms with van der Waals surface area (Å²) >= 11 is 1.80. The van der Waals surface area contributed by atoms with Crippen molar-refractivity contribution in [3.05, 3.63) is 78.0 Å². The lowest BCUT2D eigenvalue weighted by Crippen LogP contribution is -2.37. The van der Waals surface area contributed by atoms with Gasteiger partial charge < -0.3 is 10.6 Å². The van der Waals surface area contributed by atoms with Crippen LogP contribution in [0.5, 0.6) is 0 Å². The molecule has 8 heteroatoms. The number of amides is 1. The Labute approximate surface area is 210 Å². The van der Waals surface area contributed by atoms with Gasteiger partial charge in [0, 0.05) is 59.9 Å². The summed E-state index contributed by atoms with van der Waals surface area (Å²) in [4.78, 5) is 30.5. The molecule has 3 aromatic heterocycles. The van der Waals surface area contributed by atoms with Crippen LogP contribution in [0.2, 0.25) is 0 Å². The van der Waals surface area contributed by atoms with Gasteiger partial charge in [0.15, 0.2) is 0 Å². The third-order valence-electron chi connectivity index (χ3n) is 6.39. The maximum atomic E-state index is 12.5. The van der Waals surface area contributed by atoms with Crippen LogP contribution < -0.4 is 10.6 Å². The van der Waals surface area contributed by atoms with Crippen molar-refractivity contribution in [1.29, 1.82) is 0 Å². The van der Waals surface area contributed by atoms with Crippen LogP contribution in [0.3, 0.4) is 0 Å². The third kappa shape index (κ3) is 5.12. The van der Waals surface area contributed by atoms with Crippen LogP contribution in [-0.4, -0.2) is 51.4 Å². The highest BCUT2D eigenvalue weighted by atomic mass is 32.2. The normalized spacial score (nSPS) is 12.8. The van der Waals surface area contributed by atoms with Gasteiger partial charge in [-0.05, 0) is 43.4 Å². The highest BCUT2D eigenvalue weighted by Gasteiger charge is 2.32. The molecule has 7 nitrogen and oxygen atoms in total. The molecule has 0 saturated heterocycles. The van der Waals surface area contributed by atoms with Crippen LogP contribution in [0.4, 0.5) is 5.82 Å². The highest BCUT2D eigenvalue weighted by molar-refractivity contribution is 7.98. The predicted octanol–water partition coefficient (Wildman–Crippen LogP) is 4.88. The van der Waals surface area contributed by atoms with E-state index in [1.807, 2.05) is 43.5 Å². The van der Waals surface area contributed by atoms with Crippen LogP contribution in [0.1, 0.15) is 35.0 Å². The number of carbonyl (C=O) groups is 1. The Balaban J connectivity index is 1.70. The summed E-state index contributed by atoms with van der Waals surface area (Å²) in [5.74, 6) is 1.54. The molecular formula is C27H30N6OS. The molecule has 0 radical (unpaired) electrons. The summed E-state index contributed by atoms with van der Waals surface area (Å²) in [5, 5.41) is 7.16. The quantitative estimate of drug-likeness (QED) is 0.348. The van der Waals surface area contributed by atoms with Crippen molar-refractivity contribution in [2.24, 2.45) is 0 Å². The fourth-order valence-corrected chi connectivity index (χ4v) is 5.36. The number of carbonyl (C=O) groups excluding carboxylic acids is 1. The van der Waals surface area contributed by atoms with E-state index < -0.39 is 0 Å². The van der Waals surface area contributed by atoms with E-state index in [0.29, 0.717) is 12.1 Å². The number of aromatic nitrogens is 4. The number of hydrogen-bond acceptors (Lipinski definition) is 7. The molecule has 0 spiro atoms. The minimum Gasteiger partial charge on any atom is -0.369 e. The van der Waals surface area contributed by atoms with E-state index in [1.165, 1.54) is 0 Å². The van der Waals surface area contributed by atoms with E-state index >= 15 is 0 Å². The molecule has 35 heavy (non-hydrogen) atoms. The second-order valence-electron chi connectivity index (χ2n) is 8.54. The van der Waals surface area contributed by atoms with Gasteiger partial charge in [0.05, 0.1) is 16.8 Å². The molecule has 0 saturated carbocycles.